The highest BCUT2D eigenvalue weighted by Crippen LogP contribution is 2.51. The topological polar surface area (TPSA) is 52.6 Å². The van der Waals surface area contributed by atoms with E-state index in [0.717, 1.165) is 88.9 Å². The molecule has 0 N–H and O–H groups in total. The fraction of sp³-hybridized carbons (Fsp3) is 0.939. The van der Waals surface area contributed by atoms with Crippen LogP contribution in [0.5, 0.6) is 0 Å². The molecule has 6 atom stereocenters. The van der Waals surface area contributed by atoms with E-state index in [1.54, 1.807) is 0 Å². The lowest BCUT2D eigenvalue weighted by Crippen LogP contribution is -2.39. The fourth-order valence-electron chi connectivity index (χ4n) is 9.04. The lowest BCUT2D eigenvalue weighted by atomic mass is 9.64. The van der Waals surface area contributed by atoms with Crippen LogP contribution in [0.2, 0.25) is 0 Å². The van der Waals surface area contributed by atoms with Gasteiger partial charge in [0.25, 0.3) is 0 Å². The van der Waals surface area contributed by atoms with Crippen molar-refractivity contribution in [2.75, 3.05) is 0 Å². The van der Waals surface area contributed by atoms with Crippen LogP contribution in [0.3, 0.4) is 0 Å². The summed E-state index contributed by atoms with van der Waals surface area (Å²) < 4.78 is 12.8. The number of rotatable bonds is 6. The van der Waals surface area contributed by atoms with Crippen molar-refractivity contribution < 1.29 is 19.1 Å². The summed E-state index contributed by atoms with van der Waals surface area (Å²) in [6.07, 6.45) is 15.8. The zero-order valence-electron chi connectivity index (χ0n) is 24.4. The minimum atomic E-state index is -0.106. The first-order chi connectivity index (χ1) is 17.6. The number of carbonyl (C=O) groups is 2. The second kappa shape index (κ2) is 11.4. The number of carbonyl (C=O) groups excluding carboxylic acids is 2. The van der Waals surface area contributed by atoms with E-state index in [2.05, 4.69) is 34.6 Å². The van der Waals surface area contributed by atoms with Crippen molar-refractivity contribution in [2.45, 2.75) is 148 Å². The highest BCUT2D eigenvalue weighted by Gasteiger charge is 2.51. The Morgan fingerprint density at radius 1 is 0.649 bits per heavy atom. The molecule has 0 aromatic rings. The van der Waals surface area contributed by atoms with E-state index in [4.69, 9.17) is 9.47 Å². The minimum Gasteiger partial charge on any atom is -0.374 e. The summed E-state index contributed by atoms with van der Waals surface area (Å²) in [5.41, 5.74) is -0.106. The quantitative estimate of drug-likeness (QED) is 0.367. The highest BCUT2D eigenvalue weighted by atomic mass is 16.5. The fourth-order valence-corrected chi connectivity index (χ4v) is 9.04. The van der Waals surface area contributed by atoms with E-state index in [9.17, 15) is 9.59 Å². The maximum absolute atomic E-state index is 13.6. The molecule has 5 aliphatic rings. The van der Waals surface area contributed by atoms with Crippen LogP contribution in [-0.4, -0.2) is 35.5 Å². The lowest BCUT2D eigenvalue weighted by molar-refractivity contribution is -0.133. The molecular weight excluding hydrogens is 460 g/mol. The van der Waals surface area contributed by atoms with Gasteiger partial charge in [-0.25, -0.2) is 0 Å². The van der Waals surface area contributed by atoms with Gasteiger partial charge in [-0.05, 0) is 134 Å². The zero-order chi connectivity index (χ0) is 26.3. The van der Waals surface area contributed by atoms with E-state index in [1.807, 2.05) is 0 Å². The minimum absolute atomic E-state index is 0.106. The van der Waals surface area contributed by atoms with Crippen molar-refractivity contribution in [2.24, 2.45) is 47.3 Å². The van der Waals surface area contributed by atoms with Gasteiger partial charge in [0, 0.05) is 23.7 Å². The van der Waals surface area contributed by atoms with E-state index in [-0.39, 0.29) is 23.4 Å². The number of hydrogen-bond donors (Lipinski definition) is 0. The standard InChI is InChI=1S/C33H54O4/c1-20(2)21-6-8-22(9-7-21)31(34)24-12-16-29-27(18-24)28-19-25(13-17-30(28)36-29)32(35)23-10-14-26(15-11-23)37-33(3,4)5/h20-30H,6-19H2,1-5H3. The Bertz CT molecular complexity index is 796. The van der Waals surface area contributed by atoms with Gasteiger partial charge in [0.15, 0.2) is 0 Å². The predicted octanol–water partition coefficient (Wildman–Crippen LogP) is 7.56. The first-order valence-electron chi connectivity index (χ1n) is 16.0. The summed E-state index contributed by atoms with van der Waals surface area (Å²) in [5, 5.41) is 0. The van der Waals surface area contributed by atoms with Crippen molar-refractivity contribution in [3.8, 4) is 0 Å². The Balaban J connectivity index is 1.14. The molecule has 5 fully saturated rings. The van der Waals surface area contributed by atoms with Gasteiger partial charge in [0.2, 0.25) is 0 Å². The lowest BCUT2D eigenvalue weighted by Gasteiger charge is -2.39. The van der Waals surface area contributed by atoms with Crippen LogP contribution in [0.25, 0.3) is 0 Å². The first kappa shape index (κ1) is 27.8. The van der Waals surface area contributed by atoms with Gasteiger partial charge in [0.1, 0.15) is 11.6 Å². The number of ether oxygens (including phenoxy) is 2. The van der Waals surface area contributed by atoms with E-state index in [1.165, 1.54) is 12.8 Å². The molecule has 37 heavy (non-hydrogen) atoms. The van der Waals surface area contributed by atoms with Gasteiger partial charge < -0.3 is 9.47 Å². The summed E-state index contributed by atoms with van der Waals surface area (Å²) in [5.74, 6) is 4.59. The normalized spacial score (nSPS) is 42.8. The molecule has 1 heterocycles. The molecule has 5 rings (SSSR count). The smallest absolute Gasteiger partial charge is 0.139 e. The first-order valence-corrected chi connectivity index (χ1v) is 16.0. The Labute approximate surface area is 226 Å². The van der Waals surface area contributed by atoms with Gasteiger partial charge >= 0.3 is 0 Å². The Morgan fingerprint density at radius 3 is 1.51 bits per heavy atom. The molecule has 1 aliphatic heterocycles. The van der Waals surface area contributed by atoms with Crippen LogP contribution >= 0.6 is 0 Å². The molecule has 210 valence electrons. The molecule has 4 saturated carbocycles. The SMILES string of the molecule is CC(C)C1CCC(C(=O)C2CCC3OC4CCC(C(=O)C5CCC(OC(C)(C)C)CC5)CC4C3C2)CC1. The van der Waals surface area contributed by atoms with E-state index < -0.39 is 0 Å². The molecule has 4 aliphatic carbocycles. The van der Waals surface area contributed by atoms with Gasteiger partial charge in [0.05, 0.1) is 23.9 Å². The van der Waals surface area contributed by atoms with Crippen molar-refractivity contribution >= 4 is 11.6 Å². The maximum atomic E-state index is 13.6. The molecule has 4 nitrogen and oxygen atoms in total. The second-order valence-electron chi connectivity index (χ2n) is 14.9. The zero-order valence-corrected chi connectivity index (χ0v) is 24.4. The van der Waals surface area contributed by atoms with Crippen LogP contribution < -0.4 is 0 Å². The molecular formula is C33H54O4. The summed E-state index contributed by atoms with van der Waals surface area (Å²) in [7, 11) is 0. The average molecular weight is 515 g/mol. The van der Waals surface area contributed by atoms with Crippen molar-refractivity contribution in [3.05, 3.63) is 0 Å². The van der Waals surface area contributed by atoms with Crippen LogP contribution in [0.15, 0.2) is 0 Å². The number of hydrogen-bond acceptors (Lipinski definition) is 4. The van der Waals surface area contributed by atoms with Crippen LogP contribution in [0, 0.1) is 47.3 Å². The Kier molecular flexibility index (Phi) is 8.57. The molecule has 0 aromatic heterocycles. The molecule has 0 bridgehead atoms. The van der Waals surface area contributed by atoms with Crippen molar-refractivity contribution in [3.63, 3.8) is 0 Å². The van der Waals surface area contributed by atoms with E-state index in [0.29, 0.717) is 47.6 Å². The molecule has 1 saturated heterocycles. The summed E-state index contributed by atoms with van der Waals surface area (Å²) in [4.78, 5) is 27.2. The number of Topliss-reactive ketones (excluding diaryl/α,β-unsaturated/α-hetero) is 2. The Hall–Kier alpha value is -0.740. The van der Waals surface area contributed by atoms with Crippen LogP contribution in [-0.2, 0) is 19.1 Å². The van der Waals surface area contributed by atoms with Gasteiger partial charge in [-0.3, -0.25) is 9.59 Å². The second-order valence-corrected chi connectivity index (χ2v) is 14.9. The summed E-state index contributed by atoms with van der Waals surface area (Å²) >= 11 is 0. The van der Waals surface area contributed by atoms with E-state index >= 15 is 0 Å². The average Bonchev–Trinajstić information content (AvgIpc) is 3.24. The number of fused-ring (bicyclic) bond motifs is 3. The molecule has 0 aromatic carbocycles. The summed E-state index contributed by atoms with van der Waals surface area (Å²) in [6.45, 7) is 11.0. The van der Waals surface area contributed by atoms with Crippen molar-refractivity contribution in [1.82, 2.24) is 0 Å². The van der Waals surface area contributed by atoms with Crippen molar-refractivity contribution in [1.29, 1.82) is 0 Å². The third-order valence-corrected chi connectivity index (χ3v) is 11.1. The maximum Gasteiger partial charge on any atom is 0.139 e. The third kappa shape index (κ3) is 6.37. The monoisotopic (exact) mass is 514 g/mol. The summed E-state index contributed by atoms with van der Waals surface area (Å²) in [6, 6.07) is 0. The molecule has 0 spiro atoms. The largest absolute Gasteiger partial charge is 0.374 e. The molecule has 0 amide bonds. The van der Waals surface area contributed by atoms with Crippen LogP contribution in [0.1, 0.15) is 125 Å². The van der Waals surface area contributed by atoms with Gasteiger partial charge in [-0.2, -0.15) is 0 Å². The molecule has 4 heteroatoms. The predicted molar refractivity (Wildman–Crippen MR) is 147 cm³/mol. The third-order valence-electron chi connectivity index (χ3n) is 11.1. The molecule has 0 radical (unpaired) electrons. The van der Waals surface area contributed by atoms with Gasteiger partial charge in [-0.1, -0.05) is 13.8 Å². The Morgan fingerprint density at radius 2 is 1.08 bits per heavy atom. The molecule has 6 unspecified atom stereocenters. The highest BCUT2D eigenvalue weighted by molar-refractivity contribution is 5.84. The number of ketones is 2. The van der Waals surface area contributed by atoms with Gasteiger partial charge in [-0.15, -0.1) is 0 Å². The van der Waals surface area contributed by atoms with Crippen LogP contribution in [0.4, 0.5) is 0 Å².